The average molecular weight is 291 g/mol. The van der Waals surface area contributed by atoms with Gasteiger partial charge in [-0.05, 0) is 34.6 Å². The first-order valence-electron chi connectivity index (χ1n) is 6.75. The van der Waals surface area contributed by atoms with E-state index in [0.29, 0.717) is 0 Å². The summed E-state index contributed by atoms with van der Waals surface area (Å²) in [4.78, 5) is 0. The third kappa shape index (κ3) is 2.88. The van der Waals surface area contributed by atoms with Crippen molar-refractivity contribution in [3.05, 3.63) is 0 Å². The smallest absolute Gasteiger partial charge is 0.163 e. The molecule has 2 N–H and O–H groups in total. The fourth-order valence-electron chi connectivity index (χ4n) is 2.64. The highest BCUT2D eigenvalue weighted by Gasteiger charge is 2.57. The maximum Gasteiger partial charge on any atom is 0.163 e. The highest BCUT2D eigenvalue weighted by molar-refractivity contribution is 7.84. The van der Waals surface area contributed by atoms with Crippen LogP contribution in [-0.2, 0) is 20.5 Å². The molecule has 1 aliphatic heterocycles. The Hall–Kier alpha value is -0.0100. The van der Waals surface area contributed by atoms with E-state index in [0.717, 1.165) is 0 Å². The molecule has 0 aromatic heterocycles. The van der Waals surface area contributed by atoms with Gasteiger partial charge >= 0.3 is 0 Å². The summed E-state index contributed by atoms with van der Waals surface area (Å²) < 4.78 is 26.6. The zero-order valence-corrected chi connectivity index (χ0v) is 13.3. The Bertz CT molecular complexity index is 379. The van der Waals surface area contributed by atoms with Gasteiger partial charge in [-0.1, -0.05) is 6.92 Å². The van der Waals surface area contributed by atoms with E-state index in [9.17, 15) is 9.32 Å². The molecule has 0 bridgehead atoms. The van der Waals surface area contributed by atoms with Gasteiger partial charge in [0.15, 0.2) is 5.79 Å². The fraction of sp³-hybridized carbons (Fsp3) is 1.00. The Morgan fingerprint density at radius 3 is 2.26 bits per heavy atom. The van der Waals surface area contributed by atoms with Crippen LogP contribution in [-0.4, -0.2) is 44.2 Å². The van der Waals surface area contributed by atoms with Crippen molar-refractivity contribution >= 4 is 11.0 Å². The molecule has 0 spiro atoms. The molecule has 6 atom stereocenters. The number of hydrogen-bond acceptors (Lipinski definition) is 4. The van der Waals surface area contributed by atoms with Gasteiger partial charge in [0, 0.05) is 5.92 Å². The summed E-state index contributed by atoms with van der Waals surface area (Å²) in [5, 5.41) is 10.2. The summed E-state index contributed by atoms with van der Waals surface area (Å²) in [6.45, 7) is 11.3. The Morgan fingerprint density at radius 2 is 1.74 bits per heavy atom. The van der Waals surface area contributed by atoms with Gasteiger partial charge in [-0.15, -0.1) is 0 Å². The second kappa shape index (κ2) is 4.77. The quantitative estimate of drug-likeness (QED) is 0.794. The Morgan fingerprint density at radius 1 is 1.21 bits per heavy atom. The molecule has 0 amide bonds. The van der Waals surface area contributed by atoms with E-state index in [-0.39, 0.29) is 28.9 Å². The predicted molar refractivity (Wildman–Crippen MR) is 73.8 cm³/mol. The first-order valence-corrected chi connectivity index (χ1v) is 7.90. The lowest BCUT2D eigenvalue weighted by Gasteiger charge is -2.29. The number of rotatable bonds is 2. The molecule has 2 rings (SSSR count). The van der Waals surface area contributed by atoms with Crippen LogP contribution in [0.25, 0.3) is 0 Å². The zero-order chi connectivity index (χ0) is 14.6. The zero-order valence-electron chi connectivity index (χ0n) is 12.5. The molecule has 1 heterocycles. The third-order valence-electron chi connectivity index (χ3n) is 3.76. The molecule has 1 saturated heterocycles. The van der Waals surface area contributed by atoms with Crippen LogP contribution in [0.1, 0.15) is 41.5 Å². The Kier molecular flexibility index (Phi) is 3.86. The SMILES string of the molecule is C[C@H]1[C@H](O)[C@@H]2OC(C)(C)O[C@@H]2[C@H]1N[S@](=O)C(C)(C)C. The minimum Gasteiger partial charge on any atom is -0.390 e. The van der Waals surface area contributed by atoms with Gasteiger partial charge in [-0.2, -0.15) is 0 Å². The average Bonchev–Trinajstić information content (AvgIpc) is 2.66. The molecular weight excluding hydrogens is 266 g/mol. The van der Waals surface area contributed by atoms with Crippen molar-refractivity contribution in [3.63, 3.8) is 0 Å². The van der Waals surface area contributed by atoms with Crippen molar-refractivity contribution in [1.82, 2.24) is 4.72 Å². The molecule has 112 valence electrons. The van der Waals surface area contributed by atoms with Gasteiger partial charge in [0.1, 0.15) is 12.2 Å². The lowest BCUT2D eigenvalue weighted by molar-refractivity contribution is -0.168. The van der Waals surface area contributed by atoms with Crippen LogP contribution >= 0.6 is 0 Å². The standard InChI is InChI=1S/C13H25NO4S/c1-7-8(14-19(16)12(2,3)4)10-11(9(7)15)18-13(5,6)17-10/h7-11,14-15H,1-6H3/t7-,8+,9+,10-,11+,19-/m1/s1. The second-order valence-electron chi connectivity index (χ2n) is 6.94. The molecular formula is C13H25NO4S. The molecule has 19 heavy (non-hydrogen) atoms. The van der Waals surface area contributed by atoms with E-state index >= 15 is 0 Å². The van der Waals surface area contributed by atoms with Crippen LogP contribution in [0, 0.1) is 5.92 Å². The molecule has 0 unspecified atom stereocenters. The van der Waals surface area contributed by atoms with Crippen molar-refractivity contribution in [2.45, 2.75) is 76.4 Å². The number of hydrogen-bond donors (Lipinski definition) is 2. The van der Waals surface area contributed by atoms with E-state index < -0.39 is 22.9 Å². The monoisotopic (exact) mass is 291 g/mol. The first-order chi connectivity index (χ1) is 8.53. The van der Waals surface area contributed by atoms with Crippen LogP contribution in [0.4, 0.5) is 0 Å². The van der Waals surface area contributed by atoms with Crippen LogP contribution in [0.5, 0.6) is 0 Å². The molecule has 1 aliphatic carbocycles. The summed E-state index contributed by atoms with van der Waals surface area (Å²) in [5.74, 6) is -0.753. The van der Waals surface area contributed by atoms with Crippen LogP contribution < -0.4 is 4.72 Å². The number of aliphatic hydroxyl groups is 1. The maximum atomic E-state index is 12.2. The summed E-state index contributed by atoms with van der Waals surface area (Å²) >= 11 is 0. The van der Waals surface area contributed by atoms with Gasteiger partial charge in [0.25, 0.3) is 0 Å². The van der Waals surface area contributed by atoms with Crippen LogP contribution in [0.2, 0.25) is 0 Å². The van der Waals surface area contributed by atoms with Crippen LogP contribution in [0.15, 0.2) is 0 Å². The number of ether oxygens (including phenoxy) is 2. The fourth-order valence-corrected chi connectivity index (χ4v) is 3.59. The first kappa shape index (κ1) is 15.4. The van der Waals surface area contributed by atoms with E-state index in [1.807, 2.05) is 41.5 Å². The molecule has 1 saturated carbocycles. The predicted octanol–water partition coefficient (Wildman–Crippen LogP) is 0.937. The van der Waals surface area contributed by atoms with Gasteiger partial charge in [0.05, 0.1) is 27.9 Å². The van der Waals surface area contributed by atoms with Crippen molar-refractivity contribution in [2.75, 3.05) is 0 Å². The molecule has 2 aliphatic rings. The summed E-state index contributed by atoms with van der Waals surface area (Å²) in [6.07, 6.45) is -1.20. The van der Waals surface area contributed by atoms with E-state index in [2.05, 4.69) is 4.72 Å². The minimum atomic E-state index is -1.19. The number of aliphatic hydroxyl groups excluding tert-OH is 1. The lowest BCUT2D eigenvalue weighted by atomic mass is 10.0. The second-order valence-corrected chi connectivity index (χ2v) is 8.94. The topological polar surface area (TPSA) is 67.8 Å². The van der Waals surface area contributed by atoms with E-state index in [1.54, 1.807) is 0 Å². The number of fused-ring (bicyclic) bond motifs is 1. The largest absolute Gasteiger partial charge is 0.390 e. The maximum absolute atomic E-state index is 12.2. The normalized spacial score (nSPS) is 43.2. The molecule has 5 nitrogen and oxygen atoms in total. The molecule has 0 aromatic rings. The van der Waals surface area contributed by atoms with Gasteiger partial charge < -0.3 is 14.6 Å². The Labute approximate surface area is 117 Å². The van der Waals surface area contributed by atoms with E-state index in [1.165, 1.54) is 0 Å². The van der Waals surface area contributed by atoms with Crippen molar-refractivity contribution in [1.29, 1.82) is 0 Å². The highest BCUT2D eigenvalue weighted by atomic mass is 32.2. The van der Waals surface area contributed by atoms with Crippen molar-refractivity contribution in [3.8, 4) is 0 Å². The molecule has 2 fully saturated rings. The van der Waals surface area contributed by atoms with E-state index in [4.69, 9.17) is 9.47 Å². The minimum absolute atomic E-state index is 0.0580. The lowest BCUT2D eigenvalue weighted by Crippen LogP contribution is -2.47. The van der Waals surface area contributed by atoms with Gasteiger partial charge in [-0.3, -0.25) is 0 Å². The summed E-state index contributed by atoms with van der Waals surface area (Å²) in [6, 6.07) is -0.165. The number of nitrogens with one attached hydrogen (secondary N) is 1. The van der Waals surface area contributed by atoms with Crippen molar-refractivity contribution in [2.24, 2.45) is 5.92 Å². The van der Waals surface area contributed by atoms with Gasteiger partial charge in [0.2, 0.25) is 0 Å². The molecule has 0 radical (unpaired) electrons. The van der Waals surface area contributed by atoms with Crippen LogP contribution in [0.3, 0.4) is 0 Å². The third-order valence-corrected chi connectivity index (χ3v) is 5.36. The van der Waals surface area contributed by atoms with Gasteiger partial charge in [-0.25, -0.2) is 8.93 Å². The molecule has 6 heteroatoms. The Balaban J connectivity index is 2.14. The van der Waals surface area contributed by atoms with Crippen molar-refractivity contribution < 1.29 is 18.8 Å². The summed E-state index contributed by atoms with van der Waals surface area (Å²) in [7, 11) is -1.19. The highest BCUT2D eigenvalue weighted by Crippen LogP contribution is 2.41. The molecule has 0 aromatic carbocycles. The summed E-state index contributed by atoms with van der Waals surface area (Å²) in [5.41, 5.74) is 0.